The molecule has 0 radical (unpaired) electrons. The van der Waals surface area contributed by atoms with Gasteiger partial charge in [-0.1, -0.05) is 75.8 Å². The Bertz CT molecular complexity index is 947. The molecule has 1 heterocycles. The van der Waals surface area contributed by atoms with Gasteiger partial charge in [0.15, 0.2) is 0 Å². The first-order chi connectivity index (χ1) is 19.4. The first-order valence-electron chi connectivity index (χ1n) is 14.8. The zero-order valence-corrected chi connectivity index (χ0v) is 24.0. The molecule has 222 valence electrons. The summed E-state index contributed by atoms with van der Waals surface area (Å²) in [5.74, 6) is -1.70. The summed E-state index contributed by atoms with van der Waals surface area (Å²) in [4.78, 5) is 54.3. The van der Waals surface area contributed by atoms with E-state index in [4.69, 9.17) is 9.47 Å². The fraction of sp³-hybridized carbons (Fsp3) is 0.667. The number of amides is 4. The van der Waals surface area contributed by atoms with Crippen molar-refractivity contribution in [2.24, 2.45) is 5.92 Å². The van der Waals surface area contributed by atoms with E-state index < -0.39 is 29.7 Å². The summed E-state index contributed by atoms with van der Waals surface area (Å²) < 4.78 is 11.1. The molecular formula is C30H46N4O6. The molecule has 1 aromatic carbocycles. The van der Waals surface area contributed by atoms with Crippen LogP contribution in [0.1, 0.15) is 70.8 Å². The summed E-state index contributed by atoms with van der Waals surface area (Å²) in [7, 11) is 0. The molecule has 0 aromatic heterocycles. The van der Waals surface area contributed by atoms with Gasteiger partial charge in [-0.2, -0.15) is 0 Å². The molecule has 3 atom stereocenters. The molecule has 40 heavy (non-hydrogen) atoms. The van der Waals surface area contributed by atoms with Crippen LogP contribution in [0.2, 0.25) is 0 Å². The lowest BCUT2D eigenvalue weighted by Gasteiger charge is -2.31. The number of rotatable bonds is 14. The molecule has 4 amide bonds. The van der Waals surface area contributed by atoms with Crippen LogP contribution in [0.5, 0.6) is 0 Å². The summed E-state index contributed by atoms with van der Waals surface area (Å²) in [6.45, 7) is 5.72. The monoisotopic (exact) mass is 558 g/mol. The Hall–Kier alpha value is -2.98. The maximum absolute atomic E-state index is 13.6. The molecule has 3 unspecified atom stereocenters. The van der Waals surface area contributed by atoms with Gasteiger partial charge in [-0.15, -0.1) is 0 Å². The predicted octanol–water partition coefficient (Wildman–Crippen LogP) is 2.94. The van der Waals surface area contributed by atoms with Gasteiger partial charge in [-0.3, -0.25) is 14.4 Å². The molecule has 3 N–H and O–H groups in total. The SMILES string of the molecule is CCCC(C)NC(=O)C(=O)C(COCc1ccccc1)NC(=O)C(CC1CCCCC1)NC(=O)N1CCOCC1. The minimum atomic E-state index is -1.18. The van der Waals surface area contributed by atoms with Crippen molar-refractivity contribution < 1.29 is 28.7 Å². The summed E-state index contributed by atoms with van der Waals surface area (Å²) in [5, 5.41) is 8.39. The van der Waals surface area contributed by atoms with E-state index in [1.165, 1.54) is 6.42 Å². The molecule has 10 heteroatoms. The van der Waals surface area contributed by atoms with Gasteiger partial charge >= 0.3 is 6.03 Å². The largest absolute Gasteiger partial charge is 0.378 e. The van der Waals surface area contributed by atoms with Crippen LogP contribution in [0.3, 0.4) is 0 Å². The highest BCUT2D eigenvalue weighted by molar-refractivity contribution is 6.38. The van der Waals surface area contributed by atoms with E-state index in [2.05, 4.69) is 16.0 Å². The predicted molar refractivity (Wildman–Crippen MR) is 151 cm³/mol. The van der Waals surface area contributed by atoms with Crippen LogP contribution in [-0.2, 0) is 30.5 Å². The van der Waals surface area contributed by atoms with Crippen LogP contribution in [0.4, 0.5) is 4.79 Å². The summed E-state index contributed by atoms with van der Waals surface area (Å²) >= 11 is 0. The summed E-state index contributed by atoms with van der Waals surface area (Å²) in [6.07, 6.45) is 7.44. The van der Waals surface area contributed by atoms with Crippen LogP contribution in [-0.4, -0.2) is 79.6 Å². The third kappa shape index (κ3) is 10.5. The van der Waals surface area contributed by atoms with Gasteiger partial charge in [0.05, 0.1) is 26.4 Å². The van der Waals surface area contributed by atoms with E-state index in [1.54, 1.807) is 4.90 Å². The van der Waals surface area contributed by atoms with Gasteiger partial charge < -0.3 is 30.3 Å². The van der Waals surface area contributed by atoms with Crippen LogP contribution in [0.25, 0.3) is 0 Å². The molecular weight excluding hydrogens is 512 g/mol. The Morgan fingerprint density at radius 2 is 1.68 bits per heavy atom. The Morgan fingerprint density at radius 1 is 0.975 bits per heavy atom. The number of nitrogens with one attached hydrogen (secondary N) is 3. The Labute approximate surface area is 237 Å². The number of urea groups is 1. The Kier molecular flexibility index (Phi) is 13.4. The second-order valence-electron chi connectivity index (χ2n) is 10.9. The van der Waals surface area contributed by atoms with E-state index in [1.807, 2.05) is 44.2 Å². The fourth-order valence-corrected chi connectivity index (χ4v) is 5.28. The highest BCUT2D eigenvalue weighted by atomic mass is 16.5. The van der Waals surface area contributed by atoms with Crippen LogP contribution in [0, 0.1) is 5.92 Å². The number of hydrogen-bond acceptors (Lipinski definition) is 6. The lowest BCUT2D eigenvalue weighted by atomic mass is 9.84. The van der Waals surface area contributed by atoms with Crippen molar-refractivity contribution in [1.29, 1.82) is 0 Å². The molecule has 10 nitrogen and oxygen atoms in total. The Balaban J connectivity index is 1.71. The minimum Gasteiger partial charge on any atom is -0.378 e. The van der Waals surface area contributed by atoms with E-state index >= 15 is 0 Å². The normalized spacial score (nSPS) is 18.3. The number of carbonyl (C=O) groups is 4. The number of ether oxygens (including phenoxy) is 2. The van der Waals surface area contributed by atoms with Gasteiger partial charge in [0, 0.05) is 19.1 Å². The fourth-order valence-electron chi connectivity index (χ4n) is 5.28. The maximum Gasteiger partial charge on any atom is 0.318 e. The molecule has 1 aliphatic heterocycles. The molecule has 2 fully saturated rings. The quantitative estimate of drug-likeness (QED) is 0.302. The maximum atomic E-state index is 13.6. The highest BCUT2D eigenvalue weighted by Crippen LogP contribution is 2.27. The van der Waals surface area contributed by atoms with Gasteiger partial charge in [0.25, 0.3) is 5.91 Å². The van der Waals surface area contributed by atoms with Crippen molar-refractivity contribution in [3.05, 3.63) is 35.9 Å². The lowest BCUT2D eigenvalue weighted by Crippen LogP contribution is -2.58. The molecule has 0 spiro atoms. The first-order valence-corrected chi connectivity index (χ1v) is 14.8. The van der Waals surface area contributed by atoms with Gasteiger partial charge in [0.2, 0.25) is 11.7 Å². The smallest absolute Gasteiger partial charge is 0.318 e. The second kappa shape index (κ2) is 17.0. The molecule has 1 aliphatic carbocycles. The molecule has 2 aliphatic rings. The average Bonchev–Trinajstić information content (AvgIpc) is 2.97. The molecule has 0 bridgehead atoms. The van der Waals surface area contributed by atoms with E-state index in [0.717, 1.165) is 44.1 Å². The van der Waals surface area contributed by atoms with Crippen LogP contribution < -0.4 is 16.0 Å². The summed E-state index contributed by atoms with van der Waals surface area (Å²) in [5.41, 5.74) is 0.911. The van der Waals surface area contributed by atoms with Gasteiger partial charge in [-0.05, 0) is 31.2 Å². The zero-order chi connectivity index (χ0) is 28.7. The average molecular weight is 559 g/mol. The molecule has 3 rings (SSSR count). The van der Waals surface area contributed by atoms with Crippen molar-refractivity contribution in [1.82, 2.24) is 20.9 Å². The number of hydrogen-bond donors (Lipinski definition) is 3. The van der Waals surface area contributed by atoms with Gasteiger partial charge in [-0.25, -0.2) is 4.79 Å². The van der Waals surface area contributed by atoms with Crippen LogP contribution >= 0.6 is 0 Å². The van der Waals surface area contributed by atoms with Crippen molar-refractivity contribution in [2.75, 3.05) is 32.9 Å². The third-order valence-electron chi connectivity index (χ3n) is 7.56. The first kappa shape index (κ1) is 31.5. The number of morpholine rings is 1. The Morgan fingerprint density at radius 3 is 2.35 bits per heavy atom. The van der Waals surface area contributed by atoms with Crippen LogP contribution in [0.15, 0.2) is 30.3 Å². The second-order valence-corrected chi connectivity index (χ2v) is 10.9. The van der Waals surface area contributed by atoms with E-state index in [9.17, 15) is 19.2 Å². The minimum absolute atomic E-state index is 0.164. The number of ketones is 1. The topological polar surface area (TPSA) is 126 Å². The summed E-state index contributed by atoms with van der Waals surface area (Å²) in [6, 6.07) is 6.96. The highest BCUT2D eigenvalue weighted by Gasteiger charge is 2.33. The number of benzene rings is 1. The number of carbonyl (C=O) groups excluding carboxylic acids is 4. The number of Topliss-reactive ketones (excluding diaryl/α,β-unsaturated/α-hetero) is 1. The van der Waals surface area contributed by atoms with Crippen molar-refractivity contribution in [3.8, 4) is 0 Å². The molecule has 1 saturated heterocycles. The molecule has 1 saturated carbocycles. The third-order valence-corrected chi connectivity index (χ3v) is 7.56. The number of nitrogens with zero attached hydrogens (tertiary/aromatic N) is 1. The van der Waals surface area contributed by atoms with E-state index in [0.29, 0.717) is 38.6 Å². The lowest BCUT2D eigenvalue weighted by molar-refractivity contribution is -0.141. The standard InChI is InChI=1S/C30H46N4O6/c1-3-10-22(2)31-29(37)27(35)26(21-40-20-24-13-8-5-9-14-24)32-28(36)25(19-23-11-6-4-7-12-23)33-30(38)34-15-17-39-18-16-34/h5,8-9,13-14,22-23,25-26H,3-4,6-7,10-12,15-21H2,1-2H3,(H,31,37)(H,32,36)(H,33,38). The van der Waals surface area contributed by atoms with Crippen molar-refractivity contribution in [2.45, 2.75) is 89.9 Å². The van der Waals surface area contributed by atoms with Crippen molar-refractivity contribution >= 4 is 23.6 Å². The zero-order valence-electron chi connectivity index (χ0n) is 24.0. The van der Waals surface area contributed by atoms with Gasteiger partial charge in [0.1, 0.15) is 12.1 Å². The van der Waals surface area contributed by atoms with Crippen molar-refractivity contribution in [3.63, 3.8) is 0 Å². The van der Waals surface area contributed by atoms with E-state index in [-0.39, 0.29) is 25.3 Å². The molecule has 1 aromatic rings.